The maximum atomic E-state index is 12.4. The zero-order valence-corrected chi connectivity index (χ0v) is 15.3. The Bertz CT molecular complexity index is 737. The second kappa shape index (κ2) is 7.77. The van der Waals surface area contributed by atoms with E-state index in [1.54, 1.807) is 11.3 Å². The Morgan fingerprint density at radius 1 is 1.17 bits per heavy atom. The van der Waals surface area contributed by atoms with E-state index in [2.05, 4.69) is 35.2 Å². The van der Waals surface area contributed by atoms with Gasteiger partial charge in [-0.15, -0.1) is 11.3 Å². The van der Waals surface area contributed by atoms with Crippen molar-refractivity contribution in [1.82, 2.24) is 10.9 Å². The molecule has 1 amide bonds. The first-order valence-electron chi connectivity index (χ1n) is 8.23. The minimum atomic E-state index is -0.125. The molecule has 1 aromatic heterocycles. The van der Waals surface area contributed by atoms with Crippen molar-refractivity contribution in [3.8, 4) is 0 Å². The van der Waals surface area contributed by atoms with Crippen molar-refractivity contribution in [2.45, 2.75) is 39.0 Å². The van der Waals surface area contributed by atoms with E-state index in [-0.39, 0.29) is 5.91 Å². The van der Waals surface area contributed by atoms with E-state index in [9.17, 15) is 4.79 Å². The highest BCUT2D eigenvalue weighted by Crippen LogP contribution is 2.29. The number of benzene rings is 1. The van der Waals surface area contributed by atoms with Crippen LogP contribution in [0.1, 0.15) is 46.1 Å². The maximum absolute atomic E-state index is 12.4. The first kappa shape index (κ1) is 16.9. The Balaban J connectivity index is 1.54. The molecule has 0 saturated heterocycles. The molecule has 2 aromatic rings. The van der Waals surface area contributed by atoms with Crippen LogP contribution in [0, 0.1) is 0 Å². The minimum absolute atomic E-state index is 0.125. The molecule has 0 atom stereocenters. The van der Waals surface area contributed by atoms with Crippen LogP contribution in [0.5, 0.6) is 0 Å². The molecule has 1 aliphatic rings. The predicted octanol–water partition coefficient (Wildman–Crippen LogP) is 3.82. The molecule has 6 heteroatoms. The Morgan fingerprint density at radius 2 is 1.92 bits per heavy atom. The largest absolute Gasteiger partial charge is 0.331 e. The number of hydrogen-bond acceptors (Lipinski definition) is 3. The number of thiophene rings is 1. The van der Waals surface area contributed by atoms with E-state index in [0.29, 0.717) is 5.11 Å². The highest BCUT2D eigenvalue weighted by Gasteiger charge is 2.20. The van der Waals surface area contributed by atoms with Crippen molar-refractivity contribution < 1.29 is 4.79 Å². The second-order valence-electron chi connectivity index (χ2n) is 5.84. The molecule has 0 bridgehead atoms. The molecule has 0 spiro atoms. The summed E-state index contributed by atoms with van der Waals surface area (Å²) in [4.78, 5) is 13.7. The molecule has 4 nitrogen and oxygen atoms in total. The van der Waals surface area contributed by atoms with Crippen LogP contribution in [-0.2, 0) is 19.3 Å². The fourth-order valence-electron chi connectivity index (χ4n) is 2.85. The molecule has 1 aromatic carbocycles. The molecule has 3 rings (SSSR count). The topological polar surface area (TPSA) is 53.2 Å². The molecule has 0 aliphatic heterocycles. The molecule has 0 unspecified atom stereocenters. The zero-order chi connectivity index (χ0) is 16.9. The fourth-order valence-corrected chi connectivity index (χ4v) is 4.15. The average molecular weight is 360 g/mol. The summed E-state index contributed by atoms with van der Waals surface area (Å²) in [6.07, 6.45) is 5.47. The number of rotatable bonds is 3. The van der Waals surface area contributed by atoms with E-state index in [1.165, 1.54) is 22.4 Å². The van der Waals surface area contributed by atoms with Crippen LogP contribution in [0.4, 0.5) is 5.69 Å². The maximum Gasteiger partial charge on any atom is 0.270 e. The smallest absolute Gasteiger partial charge is 0.270 e. The summed E-state index contributed by atoms with van der Waals surface area (Å²) in [6.45, 7) is 2.12. The minimum Gasteiger partial charge on any atom is -0.331 e. The summed E-state index contributed by atoms with van der Waals surface area (Å²) in [5.41, 5.74) is 9.62. The lowest BCUT2D eigenvalue weighted by Crippen LogP contribution is -2.43. The highest BCUT2D eigenvalue weighted by molar-refractivity contribution is 7.80. The quantitative estimate of drug-likeness (QED) is 0.576. The Morgan fingerprint density at radius 3 is 2.67 bits per heavy atom. The van der Waals surface area contributed by atoms with Gasteiger partial charge in [0.05, 0.1) is 5.56 Å². The van der Waals surface area contributed by atoms with E-state index in [0.717, 1.165) is 36.9 Å². The van der Waals surface area contributed by atoms with Crippen LogP contribution in [0.15, 0.2) is 29.6 Å². The molecule has 24 heavy (non-hydrogen) atoms. The number of amides is 1. The first-order valence-corrected chi connectivity index (χ1v) is 9.51. The summed E-state index contributed by atoms with van der Waals surface area (Å²) < 4.78 is 0. The lowest BCUT2D eigenvalue weighted by atomic mass is 9.96. The third-order valence-electron chi connectivity index (χ3n) is 4.22. The van der Waals surface area contributed by atoms with Crippen molar-refractivity contribution in [2.75, 3.05) is 5.32 Å². The van der Waals surface area contributed by atoms with Crippen molar-refractivity contribution in [3.63, 3.8) is 0 Å². The molecular weight excluding hydrogens is 338 g/mol. The van der Waals surface area contributed by atoms with Crippen LogP contribution >= 0.6 is 23.6 Å². The average Bonchev–Trinajstić information content (AvgIpc) is 3.04. The lowest BCUT2D eigenvalue weighted by Gasteiger charge is -2.14. The SMILES string of the molecule is CCc1ccc(NC(=S)NNC(=O)c2csc3c2CCCC3)cc1. The third-order valence-corrected chi connectivity index (χ3v) is 5.51. The van der Waals surface area contributed by atoms with Gasteiger partial charge >= 0.3 is 0 Å². The molecule has 0 fully saturated rings. The number of nitrogens with one attached hydrogen (secondary N) is 3. The van der Waals surface area contributed by atoms with Crippen LogP contribution in [0.3, 0.4) is 0 Å². The number of carbonyl (C=O) groups excluding carboxylic acids is 1. The third kappa shape index (κ3) is 3.94. The molecule has 126 valence electrons. The molecule has 1 heterocycles. The van der Waals surface area contributed by atoms with E-state index in [4.69, 9.17) is 12.2 Å². The number of hydrazine groups is 1. The number of thiocarbonyl (C=S) groups is 1. The van der Waals surface area contributed by atoms with Crippen molar-refractivity contribution in [2.24, 2.45) is 0 Å². The summed E-state index contributed by atoms with van der Waals surface area (Å²) in [7, 11) is 0. The molecular formula is C18H21N3OS2. The van der Waals surface area contributed by atoms with Gasteiger partial charge in [-0.3, -0.25) is 15.6 Å². The van der Waals surface area contributed by atoms with Gasteiger partial charge in [-0.1, -0.05) is 19.1 Å². The first-order chi connectivity index (χ1) is 11.7. The van der Waals surface area contributed by atoms with Gasteiger partial charge in [0.2, 0.25) is 0 Å². The van der Waals surface area contributed by atoms with Crippen LogP contribution < -0.4 is 16.2 Å². The monoisotopic (exact) mass is 359 g/mol. The Hall–Kier alpha value is -1.92. The van der Waals surface area contributed by atoms with Crippen LogP contribution in [-0.4, -0.2) is 11.0 Å². The van der Waals surface area contributed by atoms with Crippen molar-refractivity contribution >= 4 is 40.3 Å². The van der Waals surface area contributed by atoms with Gasteiger partial charge in [0.15, 0.2) is 5.11 Å². The van der Waals surface area contributed by atoms with Gasteiger partial charge < -0.3 is 5.32 Å². The van der Waals surface area contributed by atoms with E-state index in [1.807, 2.05) is 17.5 Å². The summed E-state index contributed by atoms with van der Waals surface area (Å²) >= 11 is 6.92. The zero-order valence-electron chi connectivity index (χ0n) is 13.6. The Labute approximate surface area is 151 Å². The number of carbonyl (C=O) groups is 1. The number of aryl methyl sites for hydroxylation is 2. The molecule has 0 radical (unpaired) electrons. The van der Waals surface area contributed by atoms with Gasteiger partial charge in [0.25, 0.3) is 5.91 Å². The number of hydrogen-bond donors (Lipinski definition) is 3. The van der Waals surface area contributed by atoms with Gasteiger partial charge in [-0.05, 0) is 67.6 Å². The number of anilines is 1. The summed E-state index contributed by atoms with van der Waals surface area (Å²) in [5.74, 6) is -0.125. The normalized spacial score (nSPS) is 13.0. The van der Waals surface area contributed by atoms with Gasteiger partial charge in [-0.2, -0.15) is 0 Å². The molecule has 3 N–H and O–H groups in total. The van der Waals surface area contributed by atoms with Crippen LogP contribution in [0.25, 0.3) is 0 Å². The fraction of sp³-hybridized carbons (Fsp3) is 0.333. The van der Waals surface area contributed by atoms with Gasteiger partial charge in [-0.25, -0.2) is 0 Å². The van der Waals surface area contributed by atoms with Gasteiger partial charge in [0, 0.05) is 15.9 Å². The second-order valence-corrected chi connectivity index (χ2v) is 7.21. The highest BCUT2D eigenvalue weighted by atomic mass is 32.1. The number of fused-ring (bicyclic) bond motifs is 1. The molecule has 1 aliphatic carbocycles. The van der Waals surface area contributed by atoms with Gasteiger partial charge in [0.1, 0.15) is 0 Å². The Kier molecular flexibility index (Phi) is 5.48. The summed E-state index contributed by atoms with van der Waals surface area (Å²) in [5, 5.41) is 5.39. The van der Waals surface area contributed by atoms with Crippen molar-refractivity contribution in [1.29, 1.82) is 0 Å². The van der Waals surface area contributed by atoms with E-state index >= 15 is 0 Å². The lowest BCUT2D eigenvalue weighted by molar-refractivity contribution is 0.0943. The van der Waals surface area contributed by atoms with Crippen molar-refractivity contribution in [3.05, 3.63) is 51.2 Å². The summed E-state index contributed by atoms with van der Waals surface area (Å²) in [6, 6.07) is 8.07. The standard InChI is InChI=1S/C18H21N3OS2/c1-2-12-7-9-13(10-8-12)19-18(23)21-20-17(22)15-11-24-16-6-4-3-5-14(15)16/h7-11H,2-6H2,1H3,(H,20,22)(H2,19,21,23). The van der Waals surface area contributed by atoms with E-state index < -0.39 is 0 Å². The molecule has 0 saturated carbocycles. The predicted molar refractivity (Wildman–Crippen MR) is 104 cm³/mol. The van der Waals surface area contributed by atoms with Crippen LogP contribution in [0.2, 0.25) is 0 Å².